The van der Waals surface area contributed by atoms with Crippen LogP contribution in [0.1, 0.15) is 5.56 Å². The van der Waals surface area contributed by atoms with Crippen molar-refractivity contribution in [2.75, 3.05) is 0 Å². The number of fused-ring (bicyclic) bond motifs is 3. The first kappa shape index (κ1) is 21.6. The van der Waals surface area contributed by atoms with E-state index in [1.54, 1.807) is 0 Å². The molecule has 3 aromatic rings. The topological polar surface area (TPSA) is 0 Å². The third-order valence-electron chi connectivity index (χ3n) is 2.46. The van der Waals surface area contributed by atoms with Crippen molar-refractivity contribution in [1.82, 2.24) is 0 Å². The second-order valence-electron chi connectivity index (χ2n) is 3.53. The average molecular weight is 509 g/mol. The van der Waals surface area contributed by atoms with Crippen molar-refractivity contribution in [3.63, 3.8) is 0 Å². The molecule has 18 heavy (non-hydrogen) atoms. The van der Waals surface area contributed by atoms with E-state index >= 15 is 0 Å². The van der Waals surface area contributed by atoms with Gasteiger partial charge in [0.15, 0.2) is 0 Å². The van der Waals surface area contributed by atoms with E-state index in [1.807, 2.05) is 11.3 Å². The van der Waals surface area contributed by atoms with Crippen LogP contribution in [0, 0.1) is 10.5 Å². The van der Waals surface area contributed by atoms with Crippen LogP contribution in [0.15, 0.2) is 30.3 Å². The van der Waals surface area contributed by atoms with Crippen molar-refractivity contribution in [1.29, 1.82) is 0 Å². The molecule has 0 fully saturated rings. The molecule has 0 aliphatic heterocycles. The molecule has 0 saturated heterocycles. The van der Waals surface area contributed by atoms with Gasteiger partial charge in [-0.25, -0.2) is 11.3 Å². The Labute approximate surface area is 162 Å². The second-order valence-corrected chi connectivity index (χ2v) is 5.77. The van der Waals surface area contributed by atoms with Crippen molar-refractivity contribution in [2.24, 2.45) is 0 Å². The second kappa shape index (κ2) is 8.54. The maximum absolute atomic E-state index is 2.42. The van der Waals surface area contributed by atoms with E-state index in [0.717, 1.165) is 0 Å². The Morgan fingerprint density at radius 1 is 1.11 bits per heavy atom. The fraction of sp³-hybridized carbons (Fsp3) is 0.0833. The van der Waals surface area contributed by atoms with Crippen LogP contribution in [0.25, 0.3) is 20.2 Å². The predicted octanol–water partition coefficient (Wildman–Crippen LogP) is -4.30. The molecule has 0 radical (unpaired) electrons. The van der Waals surface area contributed by atoms with E-state index in [2.05, 4.69) is 59.8 Å². The van der Waals surface area contributed by atoms with Gasteiger partial charge >= 0.3 is 26.2 Å². The number of hydrogen-bond donors (Lipinski definition) is 0. The summed E-state index contributed by atoms with van der Waals surface area (Å²) in [5, 5.41) is 2.86. The van der Waals surface area contributed by atoms with Crippen molar-refractivity contribution in [3.05, 3.63) is 39.5 Å². The third-order valence-corrected chi connectivity index (χ3v) is 4.48. The summed E-state index contributed by atoms with van der Waals surface area (Å²) in [6.45, 7) is 2.16. The summed E-state index contributed by atoms with van der Waals surface area (Å²) in [6, 6.07) is 11.1. The zero-order valence-electron chi connectivity index (χ0n) is 9.31. The Hall–Kier alpha value is 1.27. The van der Waals surface area contributed by atoms with Crippen molar-refractivity contribution < 1.29 is 63.4 Å². The van der Waals surface area contributed by atoms with Gasteiger partial charge in [0.2, 0.25) is 0 Å². The Kier molecular flexibility index (Phi) is 10.2. The molecular weight excluding hydrogens is 501 g/mol. The summed E-state index contributed by atoms with van der Waals surface area (Å²) in [4.78, 5) is 0. The quantitative estimate of drug-likeness (QED) is 0.213. The van der Waals surface area contributed by atoms with Gasteiger partial charge in [-0.3, -0.25) is 0 Å². The maximum Gasteiger partial charge on any atom is 4.00 e. The molecule has 6 heteroatoms. The van der Waals surface area contributed by atoms with Gasteiger partial charge in [-0.05, 0) is 8.27 Å². The summed E-state index contributed by atoms with van der Waals surface area (Å²) in [5.74, 6) is 0. The number of aryl methyl sites for hydroxylation is 1. The third kappa shape index (κ3) is 3.68. The first-order valence-corrected chi connectivity index (χ1v) is 6.39. The van der Waals surface area contributed by atoms with Gasteiger partial charge < -0.3 is 37.2 Å². The Balaban J connectivity index is 0. The molecule has 0 atom stereocenters. The fourth-order valence-corrected chi connectivity index (χ4v) is 4.07. The molecule has 94 valence electrons. The van der Waals surface area contributed by atoms with E-state index in [0.29, 0.717) is 0 Å². The Bertz CT molecular complexity index is 633. The molecular formula is C12H8Cl3ISZr. The first-order chi connectivity index (χ1) is 6.75. The molecule has 3 rings (SSSR count). The molecule has 0 aliphatic carbocycles. The van der Waals surface area contributed by atoms with Crippen LogP contribution >= 0.6 is 33.9 Å². The van der Waals surface area contributed by atoms with Gasteiger partial charge in [0.25, 0.3) is 0 Å². The molecule has 1 heterocycles. The van der Waals surface area contributed by atoms with Crippen LogP contribution in [0.2, 0.25) is 0 Å². The summed E-state index contributed by atoms with van der Waals surface area (Å²) in [6.07, 6.45) is 0. The maximum atomic E-state index is 2.42. The van der Waals surface area contributed by atoms with E-state index in [9.17, 15) is 0 Å². The van der Waals surface area contributed by atoms with E-state index in [-0.39, 0.29) is 63.4 Å². The number of thiophene rings is 1. The normalized spacial score (nSPS) is 9.00. The van der Waals surface area contributed by atoms with Gasteiger partial charge in [-0.1, -0.05) is 57.8 Å². The van der Waals surface area contributed by atoms with E-state index in [1.165, 1.54) is 29.3 Å². The predicted molar refractivity (Wildman–Crippen MR) is 72.4 cm³/mol. The Morgan fingerprint density at radius 2 is 1.78 bits per heavy atom. The van der Waals surface area contributed by atoms with Gasteiger partial charge in [-0.2, -0.15) is 6.07 Å². The van der Waals surface area contributed by atoms with Crippen molar-refractivity contribution >= 4 is 54.1 Å². The Morgan fingerprint density at radius 3 is 2.44 bits per heavy atom. The smallest absolute Gasteiger partial charge is 1.00 e. The SMILES string of the molecule is Cc1cc2sc3cccc(I)c3c2[cH-]1.[Cl-].[Cl-].[Cl-].[Zr+4]. The molecule has 0 spiro atoms. The van der Waals surface area contributed by atoms with Crippen LogP contribution in [0.5, 0.6) is 0 Å². The van der Waals surface area contributed by atoms with Crippen molar-refractivity contribution in [2.45, 2.75) is 6.92 Å². The van der Waals surface area contributed by atoms with Crippen LogP contribution in [0.4, 0.5) is 0 Å². The number of hydrogen-bond acceptors (Lipinski definition) is 1. The number of rotatable bonds is 0. The van der Waals surface area contributed by atoms with Crippen LogP contribution < -0.4 is 37.2 Å². The largest absolute Gasteiger partial charge is 4.00 e. The minimum absolute atomic E-state index is 0. The number of benzene rings is 1. The monoisotopic (exact) mass is 506 g/mol. The van der Waals surface area contributed by atoms with Crippen LogP contribution in [-0.4, -0.2) is 0 Å². The first-order valence-electron chi connectivity index (χ1n) is 4.50. The molecule has 0 amide bonds. The van der Waals surface area contributed by atoms with E-state index < -0.39 is 0 Å². The minimum Gasteiger partial charge on any atom is -1.00 e. The van der Waals surface area contributed by atoms with Gasteiger partial charge in [0.1, 0.15) is 0 Å². The summed E-state index contributed by atoms with van der Waals surface area (Å²) in [5.41, 5.74) is 1.37. The average Bonchev–Trinajstić information content (AvgIpc) is 2.60. The molecule has 0 nitrogen and oxygen atoms in total. The van der Waals surface area contributed by atoms with Crippen LogP contribution in [0.3, 0.4) is 0 Å². The minimum atomic E-state index is 0. The molecule has 0 saturated carbocycles. The molecule has 0 unspecified atom stereocenters. The summed E-state index contributed by atoms with van der Waals surface area (Å²) in [7, 11) is 0. The van der Waals surface area contributed by atoms with Crippen LogP contribution in [-0.2, 0) is 26.2 Å². The van der Waals surface area contributed by atoms with E-state index in [4.69, 9.17) is 0 Å². The van der Waals surface area contributed by atoms with Gasteiger partial charge in [0.05, 0.1) is 0 Å². The number of halogens is 4. The summed E-state index contributed by atoms with van der Waals surface area (Å²) < 4.78 is 4.18. The molecule has 0 aliphatic rings. The molecule has 2 aromatic carbocycles. The van der Waals surface area contributed by atoms with Gasteiger partial charge in [-0.15, -0.1) is 17.0 Å². The zero-order valence-corrected chi connectivity index (χ0v) is 17.0. The van der Waals surface area contributed by atoms with Gasteiger partial charge in [0, 0.05) is 0 Å². The van der Waals surface area contributed by atoms with Crippen molar-refractivity contribution in [3.8, 4) is 0 Å². The molecule has 0 N–H and O–H groups in total. The summed E-state index contributed by atoms with van der Waals surface area (Å²) >= 11 is 4.31. The standard InChI is InChI=1S/C12H8IS.3ClH.Zr/c1-7-5-8-11(6-7)14-10-4-2-3-9(13)12(8)10;;;;/h2-6H,1H3;3*1H;/q-1;;;;+4/p-3. The fourth-order valence-electron chi connectivity index (χ4n) is 1.87. The molecule has 1 aromatic heterocycles. The molecule has 0 bridgehead atoms. The zero-order chi connectivity index (χ0) is 9.71.